The molecule has 0 spiro atoms. The van der Waals surface area contributed by atoms with Crippen molar-refractivity contribution in [3.63, 3.8) is 0 Å². The molecule has 0 aliphatic heterocycles. The van der Waals surface area contributed by atoms with Crippen molar-refractivity contribution in [1.82, 2.24) is 10.3 Å². The van der Waals surface area contributed by atoms with Gasteiger partial charge in [-0.3, -0.25) is 14.6 Å². The van der Waals surface area contributed by atoms with Crippen molar-refractivity contribution in [2.24, 2.45) is 0 Å². The Labute approximate surface area is 200 Å². The molecule has 0 saturated carbocycles. The number of nitrogens with zero attached hydrogens (tertiary/aromatic N) is 1. The highest BCUT2D eigenvalue weighted by Gasteiger charge is 2.05. The zero-order valence-electron chi connectivity index (χ0n) is 20.1. The quantitative estimate of drug-likeness (QED) is 0.193. The molecule has 0 fully saturated rings. The molecule has 1 rings (SSSR count). The lowest BCUT2D eigenvalue weighted by Crippen LogP contribution is -2.24. The Balaban J connectivity index is 1.95. The Morgan fingerprint density at radius 3 is 1.97 bits per heavy atom. The molecule has 33 heavy (non-hydrogen) atoms. The molecule has 1 heterocycles. The number of carbonyl (C=O) groups is 2. The largest absolute Gasteiger partial charge is 0.352 e. The van der Waals surface area contributed by atoms with Gasteiger partial charge in [-0.05, 0) is 63.5 Å². The number of ketones is 1. The first-order chi connectivity index (χ1) is 16.2. The summed E-state index contributed by atoms with van der Waals surface area (Å²) in [5, 5.41) is 2.82. The molecule has 1 aromatic rings. The fourth-order valence-electron chi connectivity index (χ4n) is 3.00. The van der Waals surface area contributed by atoms with Crippen molar-refractivity contribution >= 4 is 11.7 Å². The van der Waals surface area contributed by atoms with Crippen molar-refractivity contribution < 1.29 is 9.59 Å². The van der Waals surface area contributed by atoms with Gasteiger partial charge in [0.05, 0.1) is 5.56 Å². The van der Waals surface area contributed by atoms with Crippen LogP contribution in [0.5, 0.6) is 0 Å². The number of pyridine rings is 1. The molecular formula is C29H40N2O2. The molecule has 0 aromatic carbocycles. The summed E-state index contributed by atoms with van der Waals surface area (Å²) >= 11 is 0. The Kier molecular flexibility index (Phi) is 17.7. The summed E-state index contributed by atoms with van der Waals surface area (Å²) in [6.45, 7) is 2.66. The van der Waals surface area contributed by atoms with Crippen molar-refractivity contribution in [1.29, 1.82) is 0 Å². The van der Waals surface area contributed by atoms with E-state index in [1.54, 1.807) is 18.3 Å². The number of unbranched alkanes of at least 4 members (excludes halogenated alkanes) is 1. The van der Waals surface area contributed by atoms with E-state index in [1.165, 1.54) is 6.20 Å². The monoisotopic (exact) mass is 448 g/mol. The molecule has 0 radical (unpaired) electrons. The van der Waals surface area contributed by atoms with Gasteiger partial charge in [-0.1, -0.05) is 67.7 Å². The summed E-state index contributed by atoms with van der Waals surface area (Å²) in [7, 11) is 0. The number of carbonyl (C=O) groups excluding carboxylic acids is 2. The first-order valence-electron chi connectivity index (χ1n) is 12.2. The fraction of sp³-hybridized carbons (Fsp3) is 0.414. The third-order valence-electron chi connectivity index (χ3n) is 4.83. The van der Waals surface area contributed by atoms with Gasteiger partial charge in [-0.2, -0.15) is 0 Å². The Hall–Kier alpha value is -3.01. The molecule has 0 unspecified atom stereocenters. The lowest BCUT2D eigenvalue weighted by Gasteiger charge is -2.04. The van der Waals surface area contributed by atoms with E-state index in [-0.39, 0.29) is 11.7 Å². The molecule has 0 bridgehead atoms. The maximum Gasteiger partial charge on any atom is 0.252 e. The van der Waals surface area contributed by atoms with E-state index in [0.717, 1.165) is 44.9 Å². The molecular weight excluding hydrogens is 408 g/mol. The molecule has 1 amide bonds. The average molecular weight is 449 g/mol. The number of rotatable bonds is 18. The maximum absolute atomic E-state index is 11.9. The Morgan fingerprint density at radius 1 is 0.818 bits per heavy atom. The zero-order chi connectivity index (χ0) is 23.8. The van der Waals surface area contributed by atoms with Crippen LogP contribution in [0.4, 0.5) is 0 Å². The van der Waals surface area contributed by atoms with Gasteiger partial charge in [0.15, 0.2) is 0 Å². The smallest absolute Gasteiger partial charge is 0.252 e. The summed E-state index contributed by atoms with van der Waals surface area (Å²) in [6, 6.07) is 3.46. The fourth-order valence-corrected chi connectivity index (χ4v) is 3.00. The van der Waals surface area contributed by atoms with Crippen molar-refractivity contribution in [2.75, 3.05) is 6.54 Å². The second kappa shape index (κ2) is 20.9. The molecule has 0 aliphatic rings. The van der Waals surface area contributed by atoms with E-state index >= 15 is 0 Å². The van der Waals surface area contributed by atoms with Gasteiger partial charge in [-0.15, -0.1) is 0 Å². The molecule has 0 aliphatic carbocycles. The molecule has 0 saturated heterocycles. The SMILES string of the molecule is CC/C=C\C/C=C\C/C=C\C/C=C\C/C=C\CCCC(=O)CCCNC(=O)c1cccnc1. The highest BCUT2D eigenvalue weighted by atomic mass is 16.1. The first kappa shape index (κ1) is 28.0. The number of Topliss-reactive ketones (excluding diaryl/α,β-unsaturated/α-hetero) is 1. The van der Waals surface area contributed by atoms with E-state index in [2.05, 4.69) is 78.0 Å². The van der Waals surface area contributed by atoms with Gasteiger partial charge in [0.25, 0.3) is 5.91 Å². The third kappa shape index (κ3) is 17.2. The second-order valence-corrected chi connectivity index (χ2v) is 7.74. The van der Waals surface area contributed by atoms with E-state index in [1.807, 2.05) is 0 Å². The third-order valence-corrected chi connectivity index (χ3v) is 4.83. The molecule has 0 atom stereocenters. The highest BCUT2D eigenvalue weighted by molar-refractivity contribution is 5.93. The molecule has 1 aromatic heterocycles. The minimum atomic E-state index is -0.144. The summed E-state index contributed by atoms with van der Waals surface area (Å²) in [5.74, 6) is 0.118. The number of hydrogen-bond acceptors (Lipinski definition) is 3. The van der Waals surface area contributed by atoms with E-state index in [0.29, 0.717) is 31.4 Å². The number of allylic oxidation sites excluding steroid dienone is 10. The van der Waals surface area contributed by atoms with Crippen LogP contribution in [-0.2, 0) is 4.79 Å². The average Bonchev–Trinajstić information content (AvgIpc) is 2.84. The van der Waals surface area contributed by atoms with E-state index < -0.39 is 0 Å². The maximum atomic E-state index is 11.9. The van der Waals surface area contributed by atoms with Crippen LogP contribution in [0.2, 0.25) is 0 Å². The van der Waals surface area contributed by atoms with Gasteiger partial charge < -0.3 is 5.32 Å². The molecule has 4 nitrogen and oxygen atoms in total. The van der Waals surface area contributed by atoms with Crippen molar-refractivity contribution in [3.05, 3.63) is 90.9 Å². The van der Waals surface area contributed by atoms with Crippen LogP contribution in [0.15, 0.2) is 85.3 Å². The van der Waals surface area contributed by atoms with Gasteiger partial charge in [0, 0.05) is 31.8 Å². The second-order valence-electron chi connectivity index (χ2n) is 7.74. The minimum absolute atomic E-state index is 0.144. The predicted octanol–water partition coefficient (Wildman–Crippen LogP) is 7.08. The topological polar surface area (TPSA) is 59.1 Å². The highest BCUT2D eigenvalue weighted by Crippen LogP contribution is 2.04. The summed E-state index contributed by atoms with van der Waals surface area (Å²) in [4.78, 5) is 27.8. The normalized spacial score (nSPS) is 12.2. The summed E-state index contributed by atoms with van der Waals surface area (Å²) in [6.07, 6.45) is 33.7. The summed E-state index contributed by atoms with van der Waals surface area (Å²) < 4.78 is 0. The number of hydrogen-bond donors (Lipinski definition) is 1. The van der Waals surface area contributed by atoms with Crippen LogP contribution < -0.4 is 5.32 Å². The predicted molar refractivity (Wildman–Crippen MR) is 139 cm³/mol. The van der Waals surface area contributed by atoms with Crippen LogP contribution in [0.3, 0.4) is 0 Å². The number of amides is 1. The van der Waals surface area contributed by atoms with Crippen molar-refractivity contribution in [2.45, 2.75) is 71.1 Å². The summed E-state index contributed by atoms with van der Waals surface area (Å²) in [5.41, 5.74) is 0.542. The van der Waals surface area contributed by atoms with Gasteiger partial charge in [0.1, 0.15) is 5.78 Å². The van der Waals surface area contributed by atoms with Crippen LogP contribution in [0.1, 0.15) is 81.5 Å². The van der Waals surface area contributed by atoms with Gasteiger partial charge >= 0.3 is 0 Å². The van der Waals surface area contributed by atoms with E-state index in [4.69, 9.17) is 0 Å². The van der Waals surface area contributed by atoms with Crippen LogP contribution >= 0.6 is 0 Å². The van der Waals surface area contributed by atoms with Crippen LogP contribution in [0, 0.1) is 0 Å². The molecule has 178 valence electrons. The van der Waals surface area contributed by atoms with E-state index in [9.17, 15) is 9.59 Å². The molecule has 1 N–H and O–H groups in total. The Bertz CT molecular complexity index is 789. The standard InChI is InChI=1S/C29H40N2O2/c1-2-3-4-5-6-7-8-9-10-11-12-13-14-15-16-17-18-22-28(32)23-20-25-31-29(33)27-21-19-24-30-26-27/h3-4,6-7,9-10,12-13,15-16,19,21,24,26H,2,5,8,11,14,17-18,20,22-23,25H2,1H3,(H,31,33)/b4-3-,7-6-,10-9-,13-12-,16-15-. The van der Waals surface area contributed by atoms with Crippen LogP contribution in [-0.4, -0.2) is 23.2 Å². The lowest BCUT2D eigenvalue weighted by molar-refractivity contribution is -0.119. The van der Waals surface area contributed by atoms with Crippen molar-refractivity contribution in [3.8, 4) is 0 Å². The Morgan fingerprint density at radius 2 is 1.39 bits per heavy atom. The number of aromatic nitrogens is 1. The minimum Gasteiger partial charge on any atom is -0.352 e. The first-order valence-corrected chi connectivity index (χ1v) is 12.2. The molecule has 4 heteroatoms. The van der Waals surface area contributed by atoms with Gasteiger partial charge in [-0.25, -0.2) is 0 Å². The van der Waals surface area contributed by atoms with Crippen LogP contribution in [0.25, 0.3) is 0 Å². The number of nitrogens with one attached hydrogen (secondary N) is 1. The lowest BCUT2D eigenvalue weighted by atomic mass is 10.1. The van der Waals surface area contributed by atoms with Gasteiger partial charge in [0.2, 0.25) is 0 Å². The zero-order valence-corrected chi connectivity index (χ0v) is 20.1.